The molecule has 0 aliphatic carbocycles. The third kappa shape index (κ3) is 3.00. The Bertz CT molecular complexity index is 699. The van der Waals surface area contributed by atoms with Crippen molar-refractivity contribution in [3.8, 4) is 0 Å². The molecule has 0 saturated carbocycles. The Morgan fingerprint density at radius 2 is 1.95 bits per heavy atom. The summed E-state index contributed by atoms with van der Waals surface area (Å²) < 4.78 is 1.18. The highest BCUT2D eigenvalue weighted by Crippen LogP contribution is 2.20. The number of rotatable bonds is 4. The van der Waals surface area contributed by atoms with Crippen molar-refractivity contribution in [3.63, 3.8) is 0 Å². The summed E-state index contributed by atoms with van der Waals surface area (Å²) in [5, 5.41) is 5.13. The van der Waals surface area contributed by atoms with Crippen molar-refractivity contribution in [2.75, 3.05) is 11.7 Å². The first kappa shape index (κ1) is 13.1. The number of anilines is 1. The minimum absolute atomic E-state index is 0.902. The van der Waals surface area contributed by atoms with E-state index in [2.05, 4.69) is 40.0 Å². The van der Waals surface area contributed by atoms with Crippen molar-refractivity contribution in [3.05, 3.63) is 53.5 Å². The molecule has 3 rings (SSSR count). The van der Waals surface area contributed by atoms with Gasteiger partial charge in [-0.15, -0.1) is 23.1 Å². The van der Waals surface area contributed by atoms with Crippen molar-refractivity contribution in [1.29, 1.82) is 0 Å². The Morgan fingerprint density at radius 1 is 1.15 bits per heavy atom. The molecule has 0 bridgehead atoms. The quantitative estimate of drug-likeness (QED) is 0.439. The molecule has 20 heavy (non-hydrogen) atoms. The van der Waals surface area contributed by atoms with E-state index in [1.807, 2.05) is 30.3 Å². The minimum atomic E-state index is 0.902. The van der Waals surface area contributed by atoms with Gasteiger partial charge in [0, 0.05) is 4.90 Å². The lowest BCUT2D eigenvalue weighted by Crippen LogP contribution is -1.89. The first-order valence-corrected chi connectivity index (χ1v) is 8.18. The van der Waals surface area contributed by atoms with Gasteiger partial charge in [-0.2, -0.15) is 5.10 Å². The van der Waals surface area contributed by atoms with Gasteiger partial charge in [-0.05, 0) is 42.7 Å². The Balaban J connectivity index is 1.70. The van der Waals surface area contributed by atoms with Crippen LogP contribution in [0.25, 0.3) is 10.2 Å². The van der Waals surface area contributed by atoms with Gasteiger partial charge < -0.3 is 0 Å². The van der Waals surface area contributed by atoms with Gasteiger partial charge in [0.25, 0.3) is 0 Å². The zero-order chi connectivity index (χ0) is 13.8. The number of hydrogen-bond acceptors (Lipinski definition) is 5. The van der Waals surface area contributed by atoms with Gasteiger partial charge >= 0.3 is 0 Å². The van der Waals surface area contributed by atoms with Gasteiger partial charge in [0.2, 0.25) is 0 Å². The molecular weight excluding hydrogens is 286 g/mol. The van der Waals surface area contributed by atoms with E-state index in [0.717, 1.165) is 16.2 Å². The molecule has 0 fully saturated rings. The Labute approximate surface area is 125 Å². The predicted octanol–water partition coefficient (Wildman–Crippen LogP) is 4.46. The Hall–Kier alpha value is -1.85. The van der Waals surface area contributed by atoms with E-state index in [9.17, 15) is 0 Å². The molecule has 0 unspecified atom stereocenters. The number of thioether (sulfide) groups is 1. The maximum absolute atomic E-state index is 4.50. The summed E-state index contributed by atoms with van der Waals surface area (Å²) in [4.78, 5) is 5.74. The normalized spacial score (nSPS) is 11.2. The molecule has 100 valence electrons. The van der Waals surface area contributed by atoms with Crippen LogP contribution in [-0.2, 0) is 0 Å². The van der Waals surface area contributed by atoms with Gasteiger partial charge in [-0.3, -0.25) is 5.43 Å². The molecule has 0 aliphatic rings. The average Bonchev–Trinajstić information content (AvgIpc) is 2.90. The van der Waals surface area contributed by atoms with Crippen LogP contribution in [0.3, 0.4) is 0 Å². The second-order valence-electron chi connectivity index (χ2n) is 4.12. The average molecular weight is 299 g/mol. The van der Waals surface area contributed by atoms with Crippen molar-refractivity contribution < 1.29 is 0 Å². The van der Waals surface area contributed by atoms with Crippen LogP contribution in [0.1, 0.15) is 5.01 Å². The summed E-state index contributed by atoms with van der Waals surface area (Å²) in [6.07, 6.45) is 3.82. The summed E-state index contributed by atoms with van der Waals surface area (Å²) in [5.74, 6) is 0. The van der Waals surface area contributed by atoms with Gasteiger partial charge in [-0.25, -0.2) is 4.98 Å². The lowest BCUT2D eigenvalue weighted by molar-refractivity contribution is 1.32. The largest absolute Gasteiger partial charge is 0.278 e. The number of nitrogens with zero attached hydrogens (tertiary/aromatic N) is 2. The molecule has 3 aromatic rings. The minimum Gasteiger partial charge on any atom is -0.278 e. The van der Waals surface area contributed by atoms with Gasteiger partial charge in [0.1, 0.15) is 5.01 Å². The Kier molecular flexibility index (Phi) is 3.99. The summed E-state index contributed by atoms with van der Waals surface area (Å²) in [5.41, 5.74) is 5.00. The highest BCUT2D eigenvalue weighted by molar-refractivity contribution is 7.98. The molecule has 0 radical (unpaired) electrons. The molecule has 0 amide bonds. The number of fused-ring (bicyclic) bond motifs is 1. The maximum Gasteiger partial charge on any atom is 0.137 e. The molecule has 2 aromatic carbocycles. The summed E-state index contributed by atoms with van der Waals surface area (Å²) >= 11 is 3.36. The SMILES string of the molecule is CSc1ccc(N/N=C/c2nc3ccccc3s2)cc1. The third-order valence-corrected chi connectivity index (χ3v) is 4.48. The van der Waals surface area contributed by atoms with Crippen molar-refractivity contribution in [2.24, 2.45) is 5.10 Å². The highest BCUT2D eigenvalue weighted by Gasteiger charge is 1.99. The molecule has 0 spiro atoms. The molecule has 5 heteroatoms. The van der Waals surface area contributed by atoms with Gasteiger partial charge in [0.05, 0.1) is 22.1 Å². The number of hydrazone groups is 1. The summed E-state index contributed by atoms with van der Waals surface area (Å²) in [7, 11) is 0. The van der Waals surface area contributed by atoms with E-state index < -0.39 is 0 Å². The van der Waals surface area contributed by atoms with Crippen LogP contribution >= 0.6 is 23.1 Å². The fourth-order valence-electron chi connectivity index (χ4n) is 1.77. The summed E-state index contributed by atoms with van der Waals surface area (Å²) in [6, 6.07) is 16.3. The molecule has 1 N–H and O–H groups in total. The predicted molar refractivity (Wildman–Crippen MR) is 89.1 cm³/mol. The van der Waals surface area contributed by atoms with Crippen LogP contribution in [0.5, 0.6) is 0 Å². The molecule has 0 saturated heterocycles. The van der Waals surface area contributed by atoms with Gasteiger partial charge in [-0.1, -0.05) is 12.1 Å². The van der Waals surface area contributed by atoms with Crippen LogP contribution in [-0.4, -0.2) is 17.5 Å². The molecular formula is C15H13N3S2. The van der Waals surface area contributed by atoms with E-state index >= 15 is 0 Å². The topological polar surface area (TPSA) is 37.3 Å². The number of benzene rings is 2. The maximum atomic E-state index is 4.50. The highest BCUT2D eigenvalue weighted by atomic mass is 32.2. The van der Waals surface area contributed by atoms with Crippen molar-refractivity contribution >= 4 is 45.2 Å². The number of para-hydroxylation sites is 1. The fourth-order valence-corrected chi connectivity index (χ4v) is 3.02. The second kappa shape index (κ2) is 6.07. The van der Waals surface area contributed by atoms with Crippen molar-refractivity contribution in [1.82, 2.24) is 4.98 Å². The molecule has 3 nitrogen and oxygen atoms in total. The van der Waals surface area contributed by atoms with E-state index in [4.69, 9.17) is 0 Å². The smallest absolute Gasteiger partial charge is 0.137 e. The second-order valence-corrected chi connectivity index (χ2v) is 6.06. The van der Waals surface area contributed by atoms with Gasteiger partial charge in [0.15, 0.2) is 0 Å². The lowest BCUT2D eigenvalue weighted by Gasteiger charge is -2.00. The third-order valence-electron chi connectivity index (χ3n) is 2.77. The van der Waals surface area contributed by atoms with Crippen LogP contribution in [0.2, 0.25) is 0 Å². The molecule has 0 atom stereocenters. The summed E-state index contributed by atoms with van der Waals surface area (Å²) in [6.45, 7) is 0. The van der Waals surface area contributed by atoms with Crippen molar-refractivity contribution in [2.45, 2.75) is 4.90 Å². The van der Waals surface area contributed by atoms with E-state index in [-0.39, 0.29) is 0 Å². The molecule has 0 aliphatic heterocycles. The van der Waals surface area contributed by atoms with E-state index in [1.54, 1.807) is 29.3 Å². The van der Waals surface area contributed by atoms with Crippen LogP contribution in [0.4, 0.5) is 5.69 Å². The zero-order valence-electron chi connectivity index (χ0n) is 10.9. The monoisotopic (exact) mass is 299 g/mol. The standard InChI is InChI=1S/C15H13N3S2/c1-19-12-8-6-11(7-9-12)18-16-10-15-17-13-4-2-3-5-14(13)20-15/h2-10,18H,1H3/b16-10+. The first-order chi connectivity index (χ1) is 9.85. The first-order valence-electron chi connectivity index (χ1n) is 6.14. The number of aromatic nitrogens is 1. The Morgan fingerprint density at radius 3 is 2.70 bits per heavy atom. The molecule has 1 heterocycles. The molecule has 1 aromatic heterocycles. The number of nitrogens with one attached hydrogen (secondary N) is 1. The van der Waals surface area contributed by atoms with Crippen LogP contribution < -0.4 is 5.43 Å². The fraction of sp³-hybridized carbons (Fsp3) is 0.0667. The number of hydrogen-bond donors (Lipinski definition) is 1. The van der Waals surface area contributed by atoms with Crippen LogP contribution in [0.15, 0.2) is 58.5 Å². The van der Waals surface area contributed by atoms with Crippen LogP contribution in [0, 0.1) is 0 Å². The lowest BCUT2D eigenvalue weighted by atomic mass is 10.3. The zero-order valence-corrected chi connectivity index (χ0v) is 12.5. The van der Waals surface area contributed by atoms with E-state index in [1.165, 1.54) is 9.60 Å². The van der Waals surface area contributed by atoms with E-state index in [0.29, 0.717) is 0 Å². The number of thiazole rings is 1.